The molecule has 0 amide bonds. The Balaban J connectivity index is 2.69. The van der Waals surface area contributed by atoms with Crippen LogP contribution >= 0.6 is 11.6 Å². The minimum atomic E-state index is -3.31. The molecule has 15 heavy (non-hydrogen) atoms. The largest absolute Gasteiger partial charge is 0.267 e. The summed E-state index contributed by atoms with van der Waals surface area (Å²) in [6, 6.07) is 3.48. The lowest BCUT2D eigenvalue weighted by atomic mass is 10.3. The number of sulfonamides is 1. The van der Waals surface area contributed by atoms with E-state index in [1.54, 1.807) is 18.3 Å². The van der Waals surface area contributed by atoms with Crippen molar-refractivity contribution in [2.75, 3.05) is 16.4 Å². The van der Waals surface area contributed by atoms with Gasteiger partial charge in [-0.25, -0.2) is 13.4 Å². The van der Waals surface area contributed by atoms with Crippen LogP contribution in [0.5, 0.6) is 0 Å². The second-order valence-corrected chi connectivity index (χ2v) is 5.40. The van der Waals surface area contributed by atoms with Crippen LogP contribution < -0.4 is 4.72 Å². The van der Waals surface area contributed by atoms with Crippen molar-refractivity contribution in [2.24, 2.45) is 0 Å². The number of hydrogen-bond donors (Lipinski definition) is 1. The molecule has 4 nitrogen and oxygen atoms in total. The average molecular weight is 249 g/mol. The van der Waals surface area contributed by atoms with Gasteiger partial charge in [0.15, 0.2) is 0 Å². The number of aromatic nitrogens is 1. The third-order valence-corrected chi connectivity index (χ3v) is 3.34. The van der Waals surface area contributed by atoms with Crippen LogP contribution in [0, 0.1) is 6.92 Å². The second-order valence-electron chi connectivity index (χ2n) is 3.18. The van der Waals surface area contributed by atoms with Crippen molar-refractivity contribution in [1.82, 2.24) is 4.98 Å². The number of rotatable bonds is 5. The van der Waals surface area contributed by atoms with E-state index in [0.29, 0.717) is 18.1 Å². The van der Waals surface area contributed by atoms with E-state index < -0.39 is 10.0 Å². The van der Waals surface area contributed by atoms with Gasteiger partial charge in [0, 0.05) is 12.1 Å². The molecule has 0 bridgehead atoms. The fourth-order valence-electron chi connectivity index (χ4n) is 1.05. The number of anilines is 1. The lowest BCUT2D eigenvalue weighted by molar-refractivity contribution is 0.600. The van der Waals surface area contributed by atoms with Crippen molar-refractivity contribution in [2.45, 2.75) is 13.3 Å². The standard InChI is InChI=1S/C9H13ClN2O2S/c1-8-3-5-11-9(7-8)12-15(13,14)6-2-4-10/h3,5,7H,2,4,6H2,1H3,(H,11,12). The van der Waals surface area contributed by atoms with Crippen LogP contribution in [0.1, 0.15) is 12.0 Å². The van der Waals surface area contributed by atoms with Gasteiger partial charge in [-0.3, -0.25) is 4.72 Å². The molecule has 0 saturated carbocycles. The smallest absolute Gasteiger partial charge is 0.233 e. The maximum atomic E-state index is 11.5. The second kappa shape index (κ2) is 5.32. The van der Waals surface area contributed by atoms with E-state index in [1.165, 1.54) is 0 Å². The molecule has 0 radical (unpaired) electrons. The van der Waals surface area contributed by atoms with Crippen LogP contribution in [0.15, 0.2) is 18.3 Å². The highest BCUT2D eigenvalue weighted by atomic mass is 35.5. The molecule has 0 aliphatic carbocycles. The van der Waals surface area contributed by atoms with Gasteiger partial charge in [0.1, 0.15) is 5.82 Å². The zero-order chi connectivity index (χ0) is 11.3. The van der Waals surface area contributed by atoms with Crippen LogP contribution in [0.2, 0.25) is 0 Å². The Morgan fingerprint density at radius 1 is 1.53 bits per heavy atom. The number of nitrogens with zero attached hydrogens (tertiary/aromatic N) is 1. The van der Waals surface area contributed by atoms with Gasteiger partial charge in [-0.15, -0.1) is 11.6 Å². The summed E-state index contributed by atoms with van der Waals surface area (Å²) >= 11 is 5.43. The van der Waals surface area contributed by atoms with Crippen molar-refractivity contribution >= 4 is 27.4 Å². The monoisotopic (exact) mass is 248 g/mol. The molecule has 1 heterocycles. The first-order valence-electron chi connectivity index (χ1n) is 4.52. The summed E-state index contributed by atoms with van der Waals surface area (Å²) in [5, 5.41) is 0. The quantitative estimate of drug-likeness (QED) is 0.808. The molecular weight excluding hydrogens is 236 g/mol. The molecular formula is C9H13ClN2O2S. The number of halogens is 1. The number of nitrogens with one attached hydrogen (secondary N) is 1. The van der Waals surface area contributed by atoms with E-state index in [9.17, 15) is 8.42 Å². The van der Waals surface area contributed by atoms with E-state index in [4.69, 9.17) is 11.6 Å². The molecule has 0 fully saturated rings. The van der Waals surface area contributed by atoms with Gasteiger partial charge >= 0.3 is 0 Å². The molecule has 0 aliphatic rings. The van der Waals surface area contributed by atoms with E-state index in [2.05, 4.69) is 9.71 Å². The minimum Gasteiger partial charge on any atom is -0.267 e. The molecule has 0 aromatic carbocycles. The number of hydrogen-bond acceptors (Lipinski definition) is 3. The van der Waals surface area contributed by atoms with Crippen LogP contribution in [-0.2, 0) is 10.0 Å². The Labute approximate surface area is 94.7 Å². The van der Waals surface area contributed by atoms with Crippen molar-refractivity contribution in [3.63, 3.8) is 0 Å². The van der Waals surface area contributed by atoms with Gasteiger partial charge in [0.25, 0.3) is 0 Å². The molecule has 0 spiro atoms. The Hall–Kier alpha value is -0.810. The molecule has 1 aromatic rings. The third kappa shape index (κ3) is 4.48. The predicted octanol–water partition coefficient (Wildman–Crippen LogP) is 1.76. The topological polar surface area (TPSA) is 59.1 Å². The van der Waals surface area contributed by atoms with Gasteiger partial charge in [0.05, 0.1) is 5.75 Å². The number of aryl methyl sites for hydroxylation is 1. The van der Waals surface area contributed by atoms with E-state index in [-0.39, 0.29) is 5.75 Å². The summed E-state index contributed by atoms with van der Waals surface area (Å²) in [4.78, 5) is 3.91. The minimum absolute atomic E-state index is 0.0200. The first-order chi connectivity index (χ1) is 7.03. The Bertz CT molecular complexity index is 420. The van der Waals surface area contributed by atoms with Crippen molar-refractivity contribution in [3.05, 3.63) is 23.9 Å². The lowest BCUT2D eigenvalue weighted by Gasteiger charge is -2.06. The van der Waals surface area contributed by atoms with Crippen molar-refractivity contribution < 1.29 is 8.42 Å². The normalized spacial score (nSPS) is 11.3. The zero-order valence-electron chi connectivity index (χ0n) is 8.40. The molecule has 84 valence electrons. The summed E-state index contributed by atoms with van der Waals surface area (Å²) in [6.45, 7) is 1.87. The molecule has 1 aromatic heterocycles. The maximum Gasteiger partial charge on any atom is 0.233 e. The van der Waals surface area contributed by atoms with Gasteiger partial charge < -0.3 is 0 Å². The summed E-state index contributed by atoms with van der Waals surface area (Å²) in [5.74, 6) is 0.707. The molecule has 0 aliphatic heterocycles. The highest BCUT2D eigenvalue weighted by Crippen LogP contribution is 2.08. The SMILES string of the molecule is Cc1ccnc(NS(=O)(=O)CCCCl)c1. The van der Waals surface area contributed by atoms with Gasteiger partial charge in [0.2, 0.25) is 10.0 Å². The van der Waals surface area contributed by atoms with Gasteiger partial charge in [-0.05, 0) is 31.0 Å². The van der Waals surface area contributed by atoms with Gasteiger partial charge in [-0.2, -0.15) is 0 Å². The first kappa shape index (κ1) is 12.3. The number of alkyl halides is 1. The van der Waals surface area contributed by atoms with Crippen LogP contribution in [-0.4, -0.2) is 25.0 Å². The van der Waals surface area contributed by atoms with Crippen LogP contribution in [0.3, 0.4) is 0 Å². The summed E-state index contributed by atoms with van der Waals surface area (Å²) in [5.41, 5.74) is 0.958. The third-order valence-electron chi connectivity index (χ3n) is 1.72. The Morgan fingerprint density at radius 2 is 2.27 bits per heavy atom. The average Bonchev–Trinajstić information content (AvgIpc) is 2.14. The zero-order valence-corrected chi connectivity index (χ0v) is 9.98. The molecule has 0 atom stereocenters. The molecule has 6 heteroatoms. The number of pyridine rings is 1. The predicted molar refractivity (Wildman–Crippen MR) is 61.7 cm³/mol. The summed E-state index contributed by atoms with van der Waals surface area (Å²) in [7, 11) is -3.31. The van der Waals surface area contributed by atoms with E-state index >= 15 is 0 Å². The van der Waals surface area contributed by atoms with Crippen molar-refractivity contribution in [1.29, 1.82) is 0 Å². The first-order valence-corrected chi connectivity index (χ1v) is 6.71. The highest BCUT2D eigenvalue weighted by Gasteiger charge is 2.10. The van der Waals surface area contributed by atoms with Crippen molar-refractivity contribution in [3.8, 4) is 0 Å². The fourth-order valence-corrected chi connectivity index (χ4v) is 2.40. The lowest BCUT2D eigenvalue weighted by Crippen LogP contribution is -2.17. The summed E-state index contributed by atoms with van der Waals surface area (Å²) < 4.78 is 25.3. The van der Waals surface area contributed by atoms with Gasteiger partial charge in [-0.1, -0.05) is 0 Å². The van der Waals surface area contributed by atoms with E-state index in [1.807, 2.05) is 6.92 Å². The van der Waals surface area contributed by atoms with Crippen LogP contribution in [0.25, 0.3) is 0 Å². The molecule has 1 N–H and O–H groups in total. The molecule has 0 saturated heterocycles. The Morgan fingerprint density at radius 3 is 2.87 bits per heavy atom. The van der Waals surface area contributed by atoms with E-state index in [0.717, 1.165) is 5.56 Å². The molecule has 1 rings (SSSR count). The molecule has 0 unspecified atom stereocenters. The maximum absolute atomic E-state index is 11.5. The summed E-state index contributed by atoms with van der Waals surface area (Å²) in [6.07, 6.45) is 2.00. The van der Waals surface area contributed by atoms with Crippen LogP contribution in [0.4, 0.5) is 5.82 Å². The Kier molecular flexibility index (Phi) is 4.35. The fraction of sp³-hybridized carbons (Fsp3) is 0.444. The highest BCUT2D eigenvalue weighted by molar-refractivity contribution is 7.92.